The molecule has 6 heteroatoms. The molecule has 84 valence electrons. The third-order valence-electron chi connectivity index (χ3n) is 1.56. The molecule has 2 rings (SSSR count). The molecule has 0 unspecified atom stereocenters. The molecule has 0 saturated carbocycles. The van der Waals surface area contributed by atoms with Gasteiger partial charge in [0.25, 0.3) is 0 Å². The number of para-hydroxylation sites is 1. The number of nitrogens with one attached hydrogen (secondary N) is 1. The summed E-state index contributed by atoms with van der Waals surface area (Å²) < 4.78 is 3.99. The van der Waals surface area contributed by atoms with Crippen LogP contribution in [0.2, 0.25) is 0 Å². The van der Waals surface area contributed by atoms with Crippen molar-refractivity contribution < 1.29 is 14.6 Å². The standard InChI is InChI=1S/C6H5N3.C4H6O3/c1-2-4-6-5(3-1)7-9-8-6;1-2-3-7-4(5)6/h1-4H,(H,7,8,9);2H,1,3H2,(H,5,6). The first kappa shape index (κ1) is 11.7. The van der Waals surface area contributed by atoms with E-state index in [0.717, 1.165) is 11.0 Å². The second kappa shape index (κ2) is 6.18. The Balaban J connectivity index is 0.000000168. The predicted molar refractivity (Wildman–Crippen MR) is 58.1 cm³/mol. The summed E-state index contributed by atoms with van der Waals surface area (Å²) in [6.45, 7) is 3.31. The van der Waals surface area contributed by atoms with Gasteiger partial charge in [-0.1, -0.05) is 30.0 Å². The minimum atomic E-state index is -1.26. The van der Waals surface area contributed by atoms with Crippen molar-refractivity contribution in [3.63, 3.8) is 0 Å². The zero-order valence-electron chi connectivity index (χ0n) is 8.46. The smallest absolute Gasteiger partial charge is 0.450 e. The summed E-state index contributed by atoms with van der Waals surface area (Å²) in [4.78, 5) is 9.49. The fraction of sp³-hybridized carbons (Fsp3) is 0.100. The molecule has 0 aliphatic heterocycles. The molecule has 2 aromatic rings. The predicted octanol–water partition coefficient (Wildman–Crippen LogP) is 1.82. The lowest BCUT2D eigenvalue weighted by Gasteiger charge is -1.88. The van der Waals surface area contributed by atoms with Crippen molar-refractivity contribution in [3.8, 4) is 0 Å². The van der Waals surface area contributed by atoms with Crippen molar-refractivity contribution in [1.29, 1.82) is 0 Å². The van der Waals surface area contributed by atoms with E-state index in [-0.39, 0.29) is 6.61 Å². The second-order valence-electron chi connectivity index (χ2n) is 2.69. The molecule has 16 heavy (non-hydrogen) atoms. The molecule has 0 aliphatic carbocycles. The molecule has 1 aromatic carbocycles. The molecule has 0 aliphatic rings. The van der Waals surface area contributed by atoms with Crippen LogP contribution in [0, 0.1) is 0 Å². The van der Waals surface area contributed by atoms with Gasteiger partial charge in [-0.2, -0.15) is 0 Å². The van der Waals surface area contributed by atoms with Gasteiger partial charge in [0.2, 0.25) is 0 Å². The maximum Gasteiger partial charge on any atom is 0.506 e. The number of aromatic nitrogens is 3. The molecule has 0 saturated heterocycles. The Morgan fingerprint density at radius 1 is 1.56 bits per heavy atom. The number of carbonyl (C=O) groups is 1. The normalized spacial score (nSPS) is 9.00. The number of aromatic amines is 1. The topological polar surface area (TPSA) is 88.1 Å². The monoisotopic (exact) mass is 221 g/mol. The van der Waals surface area contributed by atoms with Crippen LogP contribution in [-0.4, -0.2) is 33.3 Å². The van der Waals surface area contributed by atoms with Crippen molar-refractivity contribution in [2.45, 2.75) is 0 Å². The highest BCUT2D eigenvalue weighted by Crippen LogP contribution is 2.03. The Hall–Kier alpha value is -2.37. The van der Waals surface area contributed by atoms with Crippen molar-refractivity contribution in [2.75, 3.05) is 6.61 Å². The van der Waals surface area contributed by atoms with Crippen LogP contribution < -0.4 is 0 Å². The van der Waals surface area contributed by atoms with Gasteiger partial charge in [-0.05, 0) is 12.1 Å². The number of H-pyrrole nitrogens is 1. The van der Waals surface area contributed by atoms with Gasteiger partial charge < -0.3 is 9.84 Å². The lowest BCUT2D eigenvalue weighted by atomic mass is 10.3. The Morgan fingerprint density at radius 3 is 2.88 bits per heavy atom. The zero-order valence-corrected chi connectivity index (χ0v) is 8.46. The lowest BCUT2D eigenvalue weighted by Crippen LogP contribution is -1.98. The van der Waals surface area contributed by atoms with Crippen LogP contribution in [0.4, 0.5) is 4.79 Å². The highest BCUT2D eigenvalue weighted by atomic mass is 16.7. The largest absolute Gasteiger partial charge is 0.506 e. The average Bonchev–Trinajstić information content (AvgIpc) is 2.75. The van der Waals surface area contributed by atoms with Gasteiger partial charge in [0.05, 0.1) is 5.52 Å². The third kappa shape index (κ3) is 3.79. The summed E-state index contributed by atoms with van der Waals surface area (Å²) in [6.07, 6.45) is 0.105. The number of nitrogens with zero attached hydrogens (tertiary/aromatic N) is 2. The van der Waals surface area contributed by atoms with E-state index < -0.39 is 6.16 Å². The summed E-state index contributed by atoms with van der Waals surface area (Å²) in [6, 6.07) is 7.74. The number of carboxylic acid groups (broad SMARTS) is 1. The minimum Gasteiger partial charge on any atom is -0.450 e. The molecule has 0 atom stereocenters. The molecule has 0 radical (unpaired) electrons. The van der Waals surface area contributed by atoms with Gasteiger partial charge >= 0.3 is 6.16 Å². The SMILES string of the molecule is C=CCOC(=O)O.c1ccc2[nH]nnc2c1. The molecular weight excluding hydrogens is 210 g/mol. The van der Waals surface area contributed by atoms with Gasteiger partial charge in [-0.25, -0.2) is 4.79 Å². The molecule has 0 amide bonds. The van der Waals surface area contributed by atoms with Gasteiger partial charge in [-0.3, -0.25) is 5.10 Å². The molecule has 6 nitrogen and oxygen atoms in total. The van der Waals surface area contributed by atoms with E-state index in [1.54, 1.807) is 0 Å². The molecule has 0 bridgehead atoms. The fourth-order valence-electron chi connectivity index (χ4n) is 0.918. The summed E-state index contributed by atoms with van der Waals surface area (Å²) in [7, 11) is 0. The molecule has 0 fully saturated rings. The van der Waals surface area contributed by atoms with E-state index in [9.17, 15) is 4.79 Å². The van der Waals surface area contributed by atoms with Crippen molar-refractivity contribution in [1.82, 2.24) is 15.4 Å². The van der Waals surface area contributed by atoms with E-state index in [1.807, 2.05) is 24.3 Å². The van der Waals surface area contributed by atoms with Crippen LogP contribution in [0.15, 0.2) is 36.9 Å². The van der Waals surface area contributed by atoms with Crippen LogP contribution in [0.5, 0.6) is 0 Å². The Morgan fingerprint density at radius 2 is 2.31 bits per heavy atom. The van der Waals surface area contributed by atoms with Gasteiger partial charge in [0.1, 0.15) is 12.1 Å². The van der Waals surface area contributed by atoms with E-state index in [0.29, 0.717) is 0 Å². The average molecular weight is 221 g/mol. The number of fused-ring (bicyclic) bond motifs is 1. The van der Waals surface area contributed by atoms with Crippen LogP contribution in [0.3, 0.4) is 0 Å². The Labute approximate surface area is 91.5 Å². The maximum atomic E-state index is 9.49. The summed E-state index contributed by atoms with van der Waals surface area (Å²) in [5.74, 6) is 0. The third-order valence-corrected chi connectivity index (χ3v) is 1.56. The molecular formula is C10H11N3O3. The van der Waals surface area contributed by atoms with Crippen molar-refractivity contribution >= 4 is 17.2 Å². The lowest BCUT2D eigenvalue weighted by molar-refractivity contribution is 0.102. The first-order chi connectivity index (χ1) is 7.74. The van der Waals surface area contributed by atoms with E-state index in [1.165, 1.54) is 6.08 Å². The highest BCUT2D eigenvalue weighted by Gasteiger charge is 1.90. The fourth-order valence-corrected chi connectivity index (χ4v) is 0.918. The van der Waals surface area contributed by atoms with Crippen LogP contribution in [0.1, 0.15) is 0 Å². The minimum absolute atomic E-state index is 0.0648. The van der Waals surface area contributed by atoms with Crippen LogP contribution >= 0.6 is 0 Å². The first-order valence-electron chi connectivity index (χ1n) is 4.46. The molecule has 1 heterocycles. The van der Waals surface area contributed by atoms with E-state index in [4.69, 9.17) is 5.11 Å². The van der Waals surface area contributed by atoms with Gasteiger partial charge in [0.15, 0.2) is 0 Å². The Kier molecular flexibility index (Phi) is 4.52. The summed E-state index contributed by atoms with van der Waals surface area (Å²) in [5.41, 5.74) is 1.90. The first-order valence-corrected chi connectivity index (χ1v) is 4.46. The highest BCUT2D eigenvalue weighted by molar-refractivity contribution is 5.72. The van der Waals surface area contributed by atoms with Gasteiger partial charge in [-0.15, -0.1) is 5.10 Å². The summed E-state index contributed by atoms with van der Waals surface area (Å²) in [5, 5.41) is 18.0. The number of rotatable bonds is 2. The number of ether oxygens (including phenoxy) is 1. The molecule has 2 N–H and O–H groups in total. The second-order valence-corrected chi connectivity index (χ2v) is 2.69. The van der Waals surface area contributed by atoms with Crippen molar-refractivity contribution in [3.05, 3.63) is 36.9 Å². The maximum absolute atomic E-state index is 9.49. The summed E-state index contributed by atoms with van der Waals surface area (Å²) >= 11 is 0. The Bertz CT molecular complexity index is 437. The van der Waals surface area contributed by atoms with Crippen LogP contribution in [0.25, 0.3) is 11.0 Å². The van der Waals surface area contributed by atoms with Crippen molar-refractivity contribution in [2.24, 2.45) is 0 Å². The van der Waals surface area contributed by atoms with E-state index in [2.05, 4.69) is 26.7 Å². The quantitative estimate of drug-likeness (QED) is 0.596. The number of hydrogen-bond donors (Lipinski definition) is 2. The van der Waals surface area contributed by atoms with Crippen LogP contribution in [-0.2, 0) is 4.74 Å². The van der Waals surface area contributed by atoms with E-state index >= 15 is 0 Å². The van der Waals surface area contributed by atoms with Gasteiger partial charge in [0, 0.05) is 0 Å². The zero-order chi connectivity index (χ0) is 11.8. The number of hydrogen-bond acceptors (Lipinski definition) is 4. The molecule has 1 aromatic heterocycles. The molecule has 0 spiro atoms. The number of benzene rings is 1.